The van der Waals surface area contributed by atoms with Crippen LogP contribution in [0.4, 0.5) is 10.5 Å². The lowest BCUT2D eigenvalue weighted by atomic mass is 10.1. The van der Waals surface area contributed by atoms with E-state index in [1.165, 1.54) is 18.4 Å². The zero-order chi connectivity index (χ0) is 19.1. The van der Waals surface area contributed by atoms with Crippen molar-refractivity contribution < 1.29 is 14.3 Å². The number of nitrogens with zero attached hydrogens (tertiary/aromatic N) is 1. The van der Waals surface area contributed by atoms with Gasteiger partial charge in [0.25, 0.3) is 0 Å². The van der Waals surface area contributed by atoms with E-state index in [4.69, 9.17) is 9.47 Å². The Morgan fingerprint density at radius 3 is 2.07 bits per heavy atom. The fourth-order valence-electron chi connectivity index (χ4n) is 3.38. The summed E-state index contributed by atoms with van der Waals surface area (Å²) >= 11 is 0. The monoisotopic (exact) mass is 369 g/mol. The maximum absolute atomic E-state index is 12.3. The number of methoxy groups -OCH3 is 2. The third-order valence-corrected chi connectivity index (χ3v) is 4.89. The Labute approximate surface area is 160 Å². The Balaban J connectivity index is 1.61. The first-order chi connectivity index (χ1) is 13.2. The Bertz CT molecular complexity index is 725. The number of nitrogens with one attached hydrogen (secondary N) is 2. The Morgan fingerprint density at radius 2 is 1.52 bits per heavy atom. The lowest BCUT2D eigenvalue weighted by Crippen LogP contribution is -2.38. The molecule has 0 spiro atoms. The summed E-state index contributed by atoms with van der Waals surface area (Å²) in [7, 11) is 3.28. The molecular formula is C21H27N3O3. The largest absolute Gasteiger partial charge is 0.497 e. The maximum atomic E-state index is 12.3. The number of rotatable bonds is 7. The highest BCUT2D eigenvalue weighted by atomic mass is 16.5. The molecule has 6 nitrogen and oxygen atoms in total. The number of carbonyl (C=O) groups excluding carboxylic acids is 1. The van der Waals surface area contributed by atoms with Crippen molar-refractivity contribution in [2.75, 3.05) is 39.2 Å². The van der Waals surface area contributed by atoms with Crippen molar-refractivity contribution in [2.24, 2.45) is 0 Å². The number of anilines is 1. The van der Waals surface area contributed by atoms with Crippen LogP contribution in [0.2, 0.25) is 0 Å². The Morgan fingerprint density at radius 1 is 0.963 bits per heavy atom. The zero-order valence-electron chi connectivity index (χ0n) is 15.9. The molecule has 1 aliphatic heterocycles. The van der Waals surface area contributed by atoms with Crippen LogP contribution in [0.5, 0.6) is 11.5 Å². The zero-order valence-corrected chi connectivity index (χ0v) is 15.9. The summed E-state index contributed by atoms with van der Waals surface area (Å²) < 4.78 is 10.4. The third-order valence-electron chi connectivity index (χ3n) is 4.89. The molecule has 2 amide bonds. The van der Waals surface area contributed by atoms with E-state index in [-0.39, 0.29) is 12.1 Å². The van der Waals surface area contributed by atoms with Gasteiger partial charge in [-0.05, 0) is 67.9 Å². The summed E-state index contributed by atoms with van der Waals surface area (Å²) in [5.41, 5.74) is 1.91. The topological polar surface area (TPSA) is 62.8 Å². The van der Waals surface area contributed by atoms with E-state index in [1.54, 1.807) is 14.2 Å². The second-order valence-corrected chi connectivity index (χ2v) is 6.60. The number of hydrogen-bond acceptors (Lipinski definition) is 4. The maximum Gasteiger partial charge on any atom is 0.319 e. The van der Waals surface area contributed by atoms with E-state index in [0.717, 1.165) is 30.3 Å². The molecule has 0 saturated carbocycles. The molecule has 1 aliphatic rings. The lowest BCUT2D eigenvalue weighted by Gasteiger charge is -2.28. The molecule has 0 aliphatic carbocycles. The first-order valence-corrected chi connectivity index (χ1v) is 9.26. The molecule has 0 radical (unpaired) electrons. The molecule has 3 rings (SSSR count). The molecule has 0 aromatic heterocycles. The summed E-state index contributed by atoms with van der Waals surface area (Å²) in [4.78, 5) is 14.8. The van der Waals surface area contributed by atoms with Crippen molar-refractivity contribution in [1.29, 1.82) is 0 Å². The molecule has 27 heavy (non-hydrogen) atoms. The average molecular weight is 369 g/mol. The molecule has 2 N–H and O–H groups in total. The molecule has 2 aromatic carbocycles. The van der Waals surface area contributed by atoms with Crippen LogP contribution < -0.4 is 20.1 Å². The quantitative estimate of drug-likeness (QED) is 0.782. The smallest absolute Gasteiger partial charge is 0.319 e. The molecule has 0 bridgehead atoms. The van der Waals surface area contributed by atoms with Gasteiger partial charge in [-0.2, -0.15) is 0 Å². The van der Waals surface area contributed by atoms with Crippen LogP contribution in [0.3, 0.4) is 0 Å². The van der Waals surface area contributed by atoms with E-state index >= 15 is 0 Å². The van der Waals surface area contributed by atoms with Gasteiger partial charge < -0.3 is 20.1 Å². The van der Waals surface area contributed by atoms with Gasteiger partial charge in [0.1, 0.15) is 11.5 Å². The molecule has 2 aromatic rings. The molecule has 1 heterocycles. The lowest BCUT2D eigenvalue weighted by molar-refractivity contribution is 0.227. The minimum absolute atomic E-state index is 0.153. The van der Waals surface area contributed by atoms with E-state index in [1.807, 2.05) is 36.4 Å². The van der Waals surface area contributed by atoms with Crippen LogP contribution in [-0.4, -0.2) is 44.8 Å². The fourth-order valence-corrected chi connectivity index (χ4v) is 3.38. The Hall–Kier alpha value is -2.73. The van der Waals surface area contributed by atoms with Crippen molar-refractivity contribution in [2.45, 2.75) is 18.9 Å². The number of ether oxygens (including phenoxy) is 2. The highest BCUT2D eigenvalue weighted by molar-refractivity contribution is 5.89. The minimum atomic E-state index is -0.210. The normalized spacial score (nSPS) is 15.2. The standard InChI is InChI=1S/C21H27N3O3/c1-26-18-9-5-16(6-10-18)20(24-13-3-4-14-24)15-22-21(25)23-17-7-11-19(27-2)12-8-17/h5-12,20H,3-4,13-15H2,1-2H3,(H2,22,23,25). The number of amides is 2. The second-order valence-electron chi connectivity index (χ2n) is 6.60. The van der Waals surface area contributed by atoms with E-state index in [2.05, 4.69) is 27.7 Å². The van der Waals surface area contributed by atoms with E-state index < -0.39 is 0 Å². The number of benzene rings is 2. The number of urea groups is 1. The van der Waals surface area contributed by atoms with Crippen LogP contribution in [0.15, 0.2) is 48.5 Å². The van der Waals surface area contributed by atoms with Crippen LogP contribution >= 0.6 is 0 Å². The molecule has 1 atom stereocenters. The second kappa shape index (κ2) is 9.28. The SMILES string of the molecule is COc1ccc(NC(=O)NCC(c2ccc(OC)cc2)N2CCCC2)cc1. The van der Waals surface area contributed by atoms with E-state index in [0.29, 0.717) is 6.54 Å². The first-order valence-electron chi connectivity index (χ1n) is 9.26. The van der Waals surface area contributed by atoms with Crippen molar-refractivity contribution in [3.63, 3.8) is 0 Å². The molecular weight excluding hydrogens is 342 g/mol. The van der Waals surface area contributed by atoms with Crippen LogP contribution in [0.1, 0.15) is 24.4 Å². The summed E-state index contributed by atoms with van der Waals surface area (Å²) in [5.74, 6) is 1.60. The van der Waals surface area contributed by atoms with Gasteiger partial charge >= 0.3 is 6.03 Å². The van der Waals surface area contributed by atoms with Gasteiger partial charge in [-0.15, -0.1) is 0 Å². The molecule has 6 heteroatoms. The van der Waals surface area contributed by atoms with Gasteiger partial charge in [-0.1, -0.05) is 12.1 Å². The number of hydrogen-bond donors (Lipinski definition) is 2. The van der Waals surface area contributed by atoms with Crippen LogP contribution in [-0.2, 0) is 0 Å². The van der Waals surface area contributed by atoms with Gasteiger partial charge in [0.05, 0.1) is 20.3 Å². The molecule has 1 unspecified atom stereocenters. The van der Waals surface area contributed by atoms with Crippen molar-refractivity contribution in [3.8, 4) is 11.5 Å². The van der Waals surface area contributed by atoms with Crippen LogP contribution in [0.25, 0.3) is 0 Å². The molecule has 144 valence electrons. The predicted molar refractivity (Wildman–Crippen MR) is 107 cm³/mol. The minimum Gasteiger partial charge on any atom is -0.497 e. The van der Waals surface area contributed by atoms with Gasteiger partial charge in [0.15, 0.2) is 0 Å². The number of likely N-dealkylation sites (tertiary alicyclic amines) is 1. The molecule has 1 saturated heterocycles. The molecule has 1 fully saturated rings. The van der Waals surface area contributed by atoms with Gasteiger partial charge in [0, 0.05) is 12.2 Å². The first kappa shape index (κ1) is 19.0. The van der Waals surface area contributed by atoms with Crippen LogP contribution in [0, 0.1) is 0 Å². The van der Waals surface area contributed by atoms with Crippen molar-refractivity contribution >= 4 is 11.7 Å². The predicted octanol–water partition coefficient (Wildman–Crippen LogP) is 3.66. The van der Waals surface area contributed by atoms with Crippen molar-refractivity contribution in [1.82, 2.24) is 10.2 Å². The average Bonchev–Trinajstić information content (AvgIpc) is 3.24. The number of carbonyl (C=O) groups is 1. The summed E-state index contributed by atoms with van der Waals surface area (Å²) in [6.07, 6.45) is 2.40. The fraction of sp³-hybridized carbons (Fsp3) is 0.381. The summed E-state index contributed by atoms with van der Waals surface area (Å²) in [6.45, 7) is 2.66. The highest BCUT2D eigenvalue weighted by Crippen LogP contribution is 2.26. The van der Waals surface area contributed by atoms with Crippen molar-refractivity contribution in [3.05, 3.63) is 54.1 Å². The van der Waals surface area contributed by atoms with Gasteiger partial charge in [0.2, 0.25) is 0 Å². The Kier molecular flexibility index (Phi) is 6.54. The van der Waals surface area contributed by atoms with E-state index in [9.17, 15) is 4.79 Å². The third kappa shape index (κ3) is 5.14. The van der Waals surface area contributed by atoms with Gasteiger partial charge in [-0.25, -0.2) is 4.79 Å². The van der Waals surface area contributed by atoms with Gasteiger partial charge in [-0.3, -0.25) is 4.90 Å². The highest BCUT2D eigenvalue weighted by Gasteiger charge is 2.24. The summed E-state index contributed by atoms with van der Waals surface area (Å²) in [6, 6.07) is 15.3. The summed E-state index contributed by atoms with van der Waals surface area (Å²) in [5, 5.41) is 5.87.